The molecule has 0 radical (unpaired) electrons. The summed E-state index contributed by atoms with van der Waals surface area (Å²) in [4.78, 5) is 58.7. The van der Waals surface area contributed by atoms with Crippen LogP contribution in [0.3, 0.4) is 0 Å². The van der Waals surface area contributed by atoms with Crippen molar-refractivity contribution in [2.24, 2.45) is 17.3 Å². The van der Waals surface area contributed by atoms with E-state index in [1.165, 1.54) is 48.5 Å². The summed E-state index contributed by atoms with van der Waals surface area (Å²) in [5.74, 6) is -1.11. The van der Waals surface area contributed by atoms with Crippen LogP contribution in [0.5, 0.6) is 0 Å². The number of hydrogen-bond donors (Lipinski definition) is 3. The van der Waals surface area contributed by atoms with Gasteiger partial charge < -0.3 is 20.7 Å². The molecule has 0 heterocycles. The highest BCUT2D eigenvalue weighted by molar-refractivity contribution is 5.95. The van der Waals surface area contributed by atoms with Crippen molar-refractivity contribution in [3.05, 3.63) is 79.9 Å². The summed E-state index contributed by atoms with van der Waals surface area (Å²) in [7, 11) is 0. The van der Waals surface area contributed by atoms with Gasteiger partial charge in [0.15, 0.2) is 0 Å². The quantitative estimate of drug-likeness (QED) is 0.281. The standard InChI is InChI=1S/C28H35N5O8/c1-27(2,3)41-26(36)31-23-14-22(28(23,4)5)19(15-29-24(34)17-6-10-20(11-7-17)32(37)38)16-30-25(35)18-8-12-21(13-9-18)33(39)40/h6-13,19,22-23H,14-16H2,1-5H3,(H,29,34)(H,30,35)(H,31,36)/t22-,23-/m1/s1. The maximum absolute atomic E-state index is 12.8. The lowest BCUT2D eigenvalue weighted by atomic mass is 9.54. The molecule has 0 aliphatic heterocycles. The first-order chi connectivity index (χ1) is 19.1. The Kier molecular flexibility index (Phi) is 9.31. The second-order valence-electron chi connectivity index (χ2n) is 11.7. The van der Waals surface area contributed by atoms with Gasteiger partial charge in [0.25, 0.3) is 23.2 Å². The first-order valence-electron chi connectivity index (χ1n) is 13.1. The zero-order valence-corrected chi connectivity index (χ0v) is 23.6. The fourth-order valence-corrected chi connectivity index (χ4v) is 4.93. The van der Waals surface area contributed by atoms with Gasteiger partial charge in [-0.05, 0) is 68.7 Å². The van der Waals surface area contributed by atoms with Crippen LogP contribution in [0.15, 0.2) is 48.5 Å². The predicted molar refractivity (Wildman–Crippen MR) is 149 cm³/mol. The van der Waals surface area contributed by atoms with Crippen LogP contribution < -0.4 is 16.0 Å². The van der Waals surface area contributed by atoms with Crippen molar-refractivity contribution in [1.29, 1.82) is 0 Å². The predicted octanol–water partition coefficient (Wildman–Crippen LogP) is 4.22. The molecule has 0 saturated heterocycles. The van der Waals surface area contributed by atoms with Gasteiger partial charge in [-0.25, -0.2) is 4.79 Å². The molecule has 1 saturated carbocycles. The molecule has 0 unspecified atom stereocenters. The van der Waals surface area contributed by atoms with E-state index in [1.807, 2.05) is 13.8 Å². The minimum atomic E-state index is -0.649. The Morgan fingerprint density at radius 3 is 1.63 bits per heavy atom. The molecular formula is C28H35N5O8. The molecule has 13 heteroatoms. The average molecular weight is 570 g/mol. The summed E-state index contributed by atoms with van der Waals surface area (Å²) in [5, 5.41) is 30.5. The fourth-order valence-electron chi connectivity index (χ4n) is 4.93. The number of nitro benzene ring substituents is 2. The van der Waals surface area contributed by atoms with Crippen LogP contribution in [-0.2, 0) is 4.74 Å². The SMILES string of the molecule is CC(C)(C)OC(=O)N[C@@H]1C[C@H](C(CNC(=O)c2ccc([N+](=O)[O-])cc2)CNC(=O)c2ccc([N+](=O)[O-])cc2)C1(C)C. The van der Waals surface area contributed by atoms with Crippen LogP contribution in [0, 0.1) is 37.5 Å². The van der Waals surface area contributed by atoms with Crippen LogP contribution >= 0.6 is 0 Å². The van der Waals surface area contributed by atoms with Gasteiger partial charge in [0.2, 0.25) is 0 Å². The number of alkyl carbamates (subject to hydrolysis) is 1. The van der Waals surface area contributed by atoms with Gasteiger partial charge in [-0.15, -0.1) is 0 Å². The number of carbonyl (C=O) groups excluding carboxylic acids is 3. The van der Waals surface area contributed by atoms with Crippen LogP contribution in [0.2, 0.25) is 0 Å². The third-order valence-corrected chi connectivity index (χ3v) is 7.33. The summed E-state index contributed by atoms with van der Waals surface area (Å²) in [6, 6.07) is 10.3. The number of benzene rings is 2. The van der Waals surface area contributed by atoms with Gasteiger partial charge in [-0.3, -0.25) is 29.8 Å². The minimum absolute atomic E-state index is 0.0169. The number of amides is 3. The highest BCUT2D eigenvalue weighted by Gasteiger charge is 2.52. The van der Waals surface area contributed by atoms with Crippen molar-refractivity contribution in [2.45, 2.75) is 52.7 Å². The Morgan fingerprint density at radius 2 is 1.29 bits per heavy atom. The molecule has 1 aliphatic carbocycles. The van der Waals surface area contributed by atoms with Crippen LogP contribution in [0.4, 0.5) is 16.2 Å². The topological polar surface area (TPSA) is 183 Å². The van der Waals surface area contributed by atoms with Crippen molar-refractivity contribution in [2.75, 3.05) is 13.1 Å². The van der Waals surface area contributed by atoms with Gasteiger partial charge in [-0.1, -0.05) is 13.8 Å². The lowest BCUT2D eigenvalue weighted by molar-refractivity contribution is -0.385. The zero-order valence-electron chi connectivity index (χ0n) is 23.6. The maximum atomic E-state index is 12.8. The third kappa shape index (κ3) is 7.99. The smallest absolute Gasteiger partial charge is 0.407 e. The van der Waals surface area contributed by atoms with E-state index in [-0.39, 0.29) is 53.5 Å². The van der Waals surface area contributed by atoms with E-state index >= 15 is 0 Å². The van der Waals surface area contributed by atoms with Gasteiger partial charge in [0, 0.05) is 54.5 Å². The first kappa shape index (κ1) is 31.0. The van der Waals surface area contributed by atoms with Gasteiger partial charge in [-0.2, -0.15) is 0 Å². The van der Waals surface area contributed by atoms with E-state index in [2.05, 4.69) is 16.0 Å². The summed E-state index contributed by atoms with van der Waals surface area (Å²) in [5.41, 5.74) is -0.813. The van der Waals surface area contributed by atoms with Crippen molar-refractivity contribution in [3.8, 4) is 0 Å². The van der Waals surface area contributed by atoms with E-state index in [1.54, 1.807) is 20.8 Å². The van der Waals surface area contributed by atoms with Gasteiger partial charge in [0.1, 0.15) is 5.60 Å². The molecule has 2 aromatic carbocycles. The molecule has 1 fully saturated rings. The summed E-state index contributed by atoms with van der Waals surface area (Å²) in [6.45, 7) is 9.68. The summed E-state index contributed by atoms with van der Waals surface area (Å²) < 4.78 is 5.39. The molecule has 3 N–H and O–H groups in total. The lowest BCUT2D eigenvalue weighted by Gasteiger charge is -2.55. The second kappa shape index (κ2) is 12.3. The normalized spacial score (nSPS) is 17.6. The number of nitrogens with zero attached hydrogens (tertiary/aromatic N) is 2. The third-order valence-electron chi connectivity index (χ3n) is 7.33. The second-order valence-corrected chi connectivity index (χ2v) is 11.7. The molecule has 1 aliphatic rings. The average Bonchev–Trinajstić information content (AvgIpc) is 2.90. The molecule has 0 spiro atoms. The van der Waals surface area contributed by atoms with Gasteiger partial charge in [0.05, 0.1) is 9.85 Å². The molecular weight excluding hydrogens is 534 g/mol. The van der Waals surface area contributed by atoms with Crippen molar-refractivity contribution >= 4 is 29.3 Å². The molecule has 0 aromatic heterocycles. The molecule has 13 nitrogen and oxygen atoms in total. The minimum Gasteiger partial charge on any atom is -0.444 e. The number of rotatable bonds is 10. The Bertz CT molecular complexity index is 1230. The van der Waals surface area contributed by atoms with Crippen molar-refractivity contribution < 1.29 is 29.0 Å². The van der Waals surface area contributed by atoms with Crippen molar-refractivity contribution in [3.63, 3.8) is 0 Å². The highest BCUT2D eigenvalue weighted by Crippen LogP contribution is 2.50. The molecule has 3 rings (SSSR count). The Hall–Kier alpha value is -4.55. The molecule has 41 heavy (non-hydrogen) atoms. The number of carbonyl (C=O) groups is 3. The van der Waals surface area contributed by atoms with E-state index in [4.69, 9.17) is 4.74 Å². The van der Waals surface area contributed by atoms with E-state index in [9.17, 15) is 34.6 Å². The lowest BCUT2D eigenvalue weighted by Crippen LogP contribution is -2.62. The maximum Gasteiger partial charge on any atom is 0.407 e. The molecule has 2 atom stereocenters. The Morgan fingerprint density at radius 1 is 0.878 bits per heavy atom. The molecule has 220 valence electrons. The number of ether oxygens (including phenoxy) is 1. The van der Waals surface area contributed by atoms with Crippen molar-refractivity contribution in [1.82, 2.24) is 16.0 Å². The van der Waals surface area contributed by atoms with E-state index < -0.39 is 38.8 Å². The Balaban J connectivity index is 1.71. The number of non-ortho nitro benzene ring substituents is 2. The fraction of sp³-hybridized carbons (Fsp3) is 0.464. The number of nitrogens with one attached hydrogen (secondary N) is 3. The molecule has 3 amide bonds. The van der Waals surface area contributed by atoms with Crippen LogP contribution in [0.1, 0.15) is 61.8 Å². The summed E-state index contributed by atoms with van der Waals surface area (Å²) in [6.07, 6.45) is 0.0565. The first-order valence-corrected chi connectivity index (χ1v) is 13.1. The van der Waals surface area contributed by atoms with Crippen LogP contribution in [-0.4, -0.2) is 52.5 Å². The van der Waals surface area contributed by atoms with E-state index in [0.29, 0.717) is 6.42 Å². The zero-order chi connectivity index (χ0) is 30.5. The molecule has 2 aromatic rings. The Labute approximate surface area is 237 Å². The van der Waals surface area contributed by atoms with Gasteiger partial charge >= 0.3 is 6.09 Å². The summed E-state index contributed by atoms with van der Waals surface area (Å²) >= 11 is 0. The number of nitro groups is 2. The number of hydrogen-bond acceptors (Lipinski definition) is 8. The molecule has 0 bridgehead atoms. The largest absolute Gasteiger partial charge is 0.444 e. The van der Waals surface area contributed by atoms with E-state index in [0.717, 1.165) is 0 Å². The van der Waals surface area contributed by atoms with Crippen LogP contribution in [0.25, 0.3) is 0 Å². The highest BCUT2D eigenvalue weighted by atomic mass is 16.6. The monoisotopic (exact) mass is 569 g/mol.